The van der Waals surface area contributed by atoms with Gasteiger partial charge in [-0.15, -0.1) is 45.3 Å². The highest BCUT2D eigenvalue weighted by atomic mass is 32.1. The summed E-state index contributed by atoms with van der Waals surface area (Å²) in [6.07, 6.45) is 0. The maximum atomic E-state index is 5.95. The molecule has 0 atom stereocenters. The van der Waals surface area contributed by atoms with E-state index < -0.39 is 0 Å². The van der Waals surface area contributed by atoms with Gasteiger partial charge in [0.2, 0.25) is 0 Å². The van der Waals surface area contributed by atoms with E-state index in [0.29, 0.717) is 6.61 Å². The Balaban J connectivity index is 1.53. The van der Waals surface area contributed by atoms with Gasteiger partial charge in [0.15, 0.2) is 0 Å². The highest BCUT2D eigenvalue weighted by molar-refractivity contribution is 7.24. The van der Waals surface area contributed by atoms with Crippen molar-refractivity contribution in [3.63, 3.8) is 0 Å². The van der Waals surface area contributed by atoms with Crippen LogP contribution in [0.15, 0.2) is 63.7 Å². The summed E-state index contributed by atoms with van der Waals surface area (Å²) in [6, 6.07) is 17.5. The molecule has 4 heterocycles. The van der Waals surface area contributed by atoms with Gasteiger partial charge in [-0.25, -0.2) is 0 Å². The van der Waals surface area contributed by atoms with Crippen molar-refractivity contribution in [2.24, 2.45) is 0 Å². The Morgan fingerprint density at radius 1 is 0.654 bits per heavy atom. The van der Waals surface area contributed by atoms with E-state index in [0.717, 1.165) is 5.43 Å². The molecule has 128 valence electrons. The highest BCUT2D eigenvalue weighted by Gasteiger charge is 2.35. The van der Waals surface area contributed by atoms with Crippen LogP contribution in [0.5, 0.6) is 0 Å². The van der Waals surface area contributed by atoms with Crippen LogP contribution in [0.3, 0.4) is 0 Å². The summed E-state index contributed by atoms with van der Waals surface area (Å²) in [5, 5.41) is 4.26. The third-order valence-corrected chi connectivity index (χ3v) is 8.50. The van der Waals surface area contributed by atoms with Gasteiger partial charge in [0.25, 0.3) is 6.61 Å². The predicted octanol–water partition coefficient (Wildman–Crippen LogP) is 7.39. The second-order valence-corrected chi connectivity index (χ2v) is 9.86. The predicted molar refractivity (Wildman–Crippen MR) is 119 cm³/mol. The number of hydrogen-bond acceptors (Lipinski definition) is 4. The smallest absolute Gasteiger partial charge is 0.254 e. The topological polar surface area (TPSA) is 11.3 Å². The minimum absolute atomic E-state index is 0.703. The summed E-state index contributed by atoms with van der Waals surface area (Å²) in [6.45, 7) is 2.76. The lowest BCUT2D eigenvalue weighted by molar-refractivity contribution is 1.28. The second kappa shape index (κ2) is 6.74. The Labute approximate surface area is 167 Å². The van der Waals surface area contributed by atoms with E-state index in [-0.39, 0.29) is 0 Å². The Morgan fingerprint density at radius 3 is 1.58 bits per heavy atom. The molecule has 5 aromatic rings. The van der Waals surface area contributed by atoms with Crippen LogP contribution in [0.2, 0.25) is 0 Å². The Morgan fingerprint density at radius 2 is 1.15 bits per heavy atom. The van der Waals surface area contributed by atoms with Crippen molar-refractivity contribution in [3.8, 4) is 40.4 Å². The molecule has 0 saturated heterocycles. The lowest BCUT2D eigenvalue weighted by Gasteiger charge is -1.88. The molecule has 5 heteroatoms. The van der Waals surface area contributed by atoms with E-state index in [1.807, 2.05) is 22.7 Å². The number of hydrogen-bond donors (Lipinski definition) is 0. The molecule has 5 rings (SSSR count). The Kier molecular flexibility index (Phi) is 4.25. The normalized spacial score (nSPS) is 11.4. The van der Waals surface area contributed by atoms with Crippen molar-refractivity contribution in [2.75, 3.05) is 6.61 Å². The van der Waals surface area contributed by atoms with Crippen LogP contribution in [0.4, 0.5) is 0 Å². The minimum Gasteiger partial charge on any atom is -0.254 e. The van der Waals surface area contributed by atoms with Crippen LogP contribution in [0, 0.1) is 0 Å². The molecule has 0 radical (unpaired) electrons. The zero-order valence-electron chi connectivity index (χ0n) is 14.0. The molecule has 0 aliphatic rings. The van der Waals surface area contributed by atoms with Crippen LogP contribution in [0.25, 0.3) is 40.4 Å². The van der Waals surface area contributed by atoms with E-state index in [2.05, 4.69) is 66.2 Å². The molecular formula is C21H15OS4+. The molecule has 1 nitrogen and oxygen atoms in total. The minimum atomic E-state index is 0.703. The molecule has 4 aromatic heterocycles. The molecule has 0 bridgehead atoms. The van der Waals surface area contributed by atoms with Crippen LogP contribution in [-0.4, -0.2) is 6.61 Å². The lowest BCUT2D eigenvalue weighted by atomic mass is 10.3. The molecule has 1 aromatic carbocycles. The fourth-order valence-electron chi connectivity index (χ4n) is 2.98. The molecular weight excluding hydrogens is 396 g/mol. The SMILES string of the molecule is CC[O+]=c1c(-c2ccc(-c3cccs3)s2)c1-c1ccc(-c2cccs2)s1. The zero-order chi connectivity index (χ0) is 17.5. The second-order valence-electron chi connectivity index (χ2n) is 5.79. The van der Waals surface area contributed by atoms with Crippen molar-refractivity contribution in [1.82, 2.24) is 0 Å². The zero-order valence-corrected chi connectivity index (χ0v) is 17.3. The summed E-state index contributed by atoms with van der Waals surface area (Å²) >= 11 is 7.29. The van der Waals surface area contributed by atoms with E-state index >= 15 is 0 Å². The van der Waals surface area contributed by atoms with E-state index in [1.54, 1.807) is 22.7 Å². The monoisotopic (exact) mass is 411 g/mol. The molecule has 0 saturated carbocycles. The van der Waals surface area contributed by atoms with Gasteiger partial charge >= 0.3 is 5.43 Å². The van der Waals surface area contributed by atoms with Crippen LogP contribution in [0.1, 0.15) is 6.92 Å². The molecule has 0 spiro atoms. The van der Waals surface area contributed by atoms with Gasteiger partial charge in [-0.2, -0.15) is 0 Å². The van der Waals surface area contributed by atoms with E-state index in [4.69, 9.17) is 4.42 Å². The fourth-order valence-corrected chi connectivity index (χ4v) is 6.75. The first kappa shape index (κ1) is 16.4. The first-order valence-corrected chi connectivity index (χ1v) is 11.8. The molecule has 0 aliphatic heterocycles. The molecule has 0 N–H and O–H groups in total. The van der Waals surface area contributed by atoms with Crippen molar-refractivity contribution < 1.29 is 0 Å². The third kappa shape index (κ3) is 2.85. The van der Waals surface area contributed by atoms with E-state index in [9.17, 15) is 0 Å². The standard InChI is InChI=1S/C21H15OS4/c1-2-22-21-19(17-9-7-15(25-17)13-5-3-11-23-13)20(21)18-10-8-16(26-18)14-6-4-12-24-14/h3-12H,2H2,1H3/q+1. The fraction of sp³-hybridized carbons (Fsp3) is 0.0952. The van der Waals surface area contributed by atoms with E-state index in [1.165, 1.54) is 40.4 Å². The van der Waals surface area contributed by atoms with Gasteiger partial charge in [-0.1, -0.05) is 12.1 Å². The van der Waals surface area contributed by atoms with Crippen molar-refractivity contribution in [3.05, 3.63) is 69.1 Å². The summed E-state index contributed by atoms with van der Waals surface area (Å²) in [4.78, 5) is 7.93. The lowest BCUT2D eigenvalue weighted by Crippen LogP contribution is -1.85. The molecule has 26 heavy (non-hydrogen) atoms. The van der Waals surface area contributed by atoms with Gasteiger partial charge in [-0.3, -0.25) is 4.42 Å². The number of thiophene rings is 4. The summed E-state index contributed by atoms with van der Waals surface area (Å²) in [5.41, 5.74) is 3.66. The summed E-state index contributed by atoms with van der Waals surface area (Å²) in [7, 11) is 0. The summed E-state index contributed by atoms with van der Waals surface area (Å²) < 4.78 is 5.95. The van der Waals surface area contributed by atoms with Gasteiger partial charge in [-0.05, 0) is 47.2 Å². The largest absolute Gasteiger partial charge is 0.362 e. The highest BCUT2D eigenvalue weighted by Crippen LogP contribution is 2.45. The quantitative estimate of drug-likeness (QED) is 0.267. The first-order valence-electron chi connectivity index (χ1n) is 8.38. The molecule has 0 fully saturated rings. The summed E-state index contributed by atoms with van der Waals surface area (Å²) in [5.74, 6) is 0. The maximum absolute atomic E-state index is 5.95. The van der Waals surface area contributed by atoms with Gasteiger partial charge < -0.3 is 0 Å². The van der Waals surface area contributed by atoms with Crippen LogP contribution in [-0.2, 0) is 0 Å². The average Bonchev–Trinajstić information content (AvgIpc) is 3.30. The van der Waals surface area contributed by atoms with Crippen LogP contribution < -0.4 is 5.43 Å². The molecule has 0 unspecified atom stereocenters. The van der Waals surface area contributed by atoms with Gasteiger partial charge in [0.1, 0.15) is 11.1 Å². The van der Waals surface area contributed by atoms with Crippen molar-refractivity contribution in [2.45, 2.75) is 6.92 Å². The first-order chi connectivity index (χ1) is 12.8. The molecule has 0 aliphatic carbocycles. The Bertz CT molecular complexity index is 1070. The number of rotatable bonds is 5. The van der Waals surface area contributed by atoms with Crippen LogP contribution >= 0.6 is 45.3 Å². The van der Waals surface area contributed by atoms with Crippen molar-refractivity contribution in [1.29, 1.82) is 0 Å². The van der Waals surface area contributed by atoms with Gasteiger partial charge in [0, 0.05) is 36.2 Å². The average molecular weight is 412 g/mol. The third-order valence-electron chi connectivity index (χ3n) is 4.16. The Hall–Kier alpha value is -1.79. The van der Waals surface area contributed by atoms with Gasteiger partial charge in [0.05, 0.1) is 0 Å². The maximum Gasteiger partial charge on any atom is 0.362 e. The molecule has 0 amide bonds. The van der Waals surface area contributed by atoms with Crippen molar-refractivity contribution >= 4 is 45.3 Å².